The summed E-state index contributed by atoms with van der Waals surface area (Å²) in [7, 11) is 0. The summed E-state index contributed by atoms with van der Waals surface area (Å²) >= 11 is 1.30. The summed E-state index contributed by atoms with van der Waals surface area (Å²) in [5.74, 6) is -1.06. The average Bonchev–Trinajstić information content (AvgIpc) is 2.32. The fourth-order valence-electron chi connectivity index (χ4n) is 1.23. The van der Waals surface area contributed by atoms with Gasteiger partial charge in [-0.15, -0.1) is 0 Å². The van der Waals surface area contributed by atoms with Crippen molar-refractivity contribution in [1.82, 2.24) is 5.32 Å². The van der Waals surface area contributed by atoms with E-state index in [2.05, 4.69) is 5.32 Å². The molecule has 0 aromatic carbocycles. The zero-order chi connectivity index (χ0) is 14.7. The molecule has 0 aliphatic carbocycles. The van der Waals surface area contributed by atoms with Crippen LogP contribution in [0.2, 0.25) is 0 Å². The van der Waals surface area contributed by atoms with Gasteiger partial charge in [0.1, 0.15) is 6.04 Å². The van der Waals surface area contributed by atoms with E-state index in [1.165, 1.54) is 18.7 Å². The quantitative estimate of drug-likeness (QED) is 0.461. The van der Waals surface area contributed by atoms with E-state index in [9.17, 15) is 14.4 Å². The molecule has 7 heteroatoms. The largest absolute Gasteiger partial charge is 0.480 e. The number of unbranched alkanes of at least 4 members (excludes halogenated alkanes) is 1. The predicted molar refractivity (Wildman–Crippen MR) is 73.0 cm³/mol. The Bertz CT molecular complexity index is 308. The molecule has 0 aliphatic rings. The van der Waals surface area contributed by atoms with Crippen molar-refractivity contribution in [1.29, 1.82) is 0 Å². The van der Waals surface area contributed by atoms with Crippen LogP contribution in [0.5, 0.6) is 0 Å². The molecule has 0 aliphatic heterocycles. The van der Waals surface area contributed by atoms with Gasteiger partial charge >= 0.3 is 11.9 Å². The molecule has 0 bridgehead atoms. The Balaban J connectivity index is 3.73. The van der Waals surface area contributed by atoms with Crippen molar-refractivity contribution >= 4 is 29.6 Å². The summed E-state index contributed by atoms with van der Waals surface area (Å²) in [5, 5.41) is 11.2. The van der Waals surface area contributed by atoms with Crippen molar-refractivity contribution in [3.8, 4) is 0 Å². The van der Waals surface area contributed by atoms with Crippen LogP contribution < -0.4 is 5.32 Å². The lowest BCUT2D eigenvalue weighted by Gasteiger charge is -2.12. The summed E-state index contributed by atoms with van der Waals surface area (Å²) in [6, 6.07) is -0.902. The standard InChI is InChI=1S/C12H21NO5S/c1-3-4-6-18-11(15)8-19-7-5-10(12(16)17)13-9(2)14/h10H,3-8H2,1-2H3,(H,13,14)(H,16,17). The summed E-state index contributed by atoms with van der Waals surface area (Å²) in [6.45, 7) is 3.71. The molecule has 1 unspecified atom stereocenters. The molecule has 19 heavy (non-hydrogen) atoms. The maximum atomic E-state index is 11.2. The van der Waals surface area contributed by atoms with Gasteiger partial charge < -0.3 is 15.2 Å². The Kier molecular flexibility index (Phi) is 9.97. The number of carbonyl (C=O) groups excluding carboxylic acids is 2. The fourth-order valence-corrected chi connectivity index (χ4v) is 2.03. The highest BCUT2D eigenvalue weighted by Crippen LogP contribution is 2.06. The zero-order valence-electron chi connectivity index (χ0n) is 11.3. The molecule has 0 heterocycles. The highest BCUT2D eigenvalue weighted by atomic mass is 32.2. The molecule has 0 saturated carbocycles. The number of hydrogen-bond acceptors (Lipinski definition) is 5. The normalized spacial score (nSPS) is 11.7. The lowest BCUT2D eigenvalue weighted by Crippen LogP contribution is -2.39. The summed E-state index contributed by atoms with van der Waals surface area (Å²) in [5.41, 5.74) is 0. The molecule has 0 radical (unpaired) electrons. The van der Waals surface area contributed by atoms with E-state index in [-0.39, 0.29) is 24.1 Å². The molecule has 6 nitrogen and oxygen atoms in total. The molecule has 110 valence electrons. The van der Waals surface area contributed by atoms with E-state index in [0.717, 1.165) is 12.8 Å². The van der Waals surface area contributed by atoms with E-state index in [0.29, 0.717) is 12.4 Å². The van der Waals surface area contributed by atoms with Crippen molar-refractivity contribution in [3.63, 3.8) is 0 Å². The number of nitrogens with one attached hydrogen (secondary N) is 1. The van der Waals surface area contributed by atoms with Gasteiger partial charge in [0.2, 0.25) is 5.91 Å². The van der Waals surface area contributed by atoms with Crippen LogP contribution in [0, 0.1) is 0 Å². The second-order valence-electron chi connectivity index (χ2n) is 4.01. The van der Waals surface area contributed by atoms with Gasteiger partial charge in [-0.3, -0.25) is 9.59 Å². The van der Waals surface area contributed by atoms with Crippen molar-refractivity contribution < 1.29 is 24.2 Å². The van der Waals surface area contributed by atoms with E-state index in [1.807, 2.05) is 6.92 Å². The molecular formula is C12H21NO5S. The predicted octanol–water partition coefficient (Wildman–Crippen LogP) is 1.04. The van der Waals surface area contributed by atoms with Crippen LogP contribution in [0.15, 0.2) is 0 Å². The number of amides is 1. The summed E-state index contributed by atoms with van der Waals surface area (Å²) in [6.07, 6.45) is 2.10. The molecule has 1 amide bonds. The molecule has 0 aromatic heterocycles. The topological polar surface area (TPSA) is 92.7 Å². The van der Waals surface area contributed by atoms with Gasteiger partial charge in [0.05, 0.1) is 12.4 Å². The average molecular weight is 291 g/mol. The molecule has 0 saturated heterocycles. The first-order valence-corrected chi connectivity index (χ1v) is 7.36. The van der Waals surface area contributed by atoms with E-state index in [4.69, 9.17) is 9.84 Å². The number of hydrogen-bond donors (Lipinski definition) is 2. The SMILES string of the molecule is CCCCOC(=O)CSCCC(NC(C)=O)C(=O)O. The second kappa shape index (κ2) is 10.7. The first-order chi connectivity index (χ1) is 8.97. The minimum Gasteiger partial charge on any atom is -0.480 e. The first kappa shape index (κ1) is 17.8. The van der Waals surface area contributed by atoms with E-state index >= 15 is 0 Å². The van der Waals surface area contributed by atoms with Crippen LogP contribution >= 0.6 is 11.8 Å². The number of thioether (sulfide) groups is 1. The molecule has 2 N–H and O–H groups in total. The Morgan fingerprint density at radius 3 is 2.58 bits per heavy atom. The molecule has 0 spiro atoms. The van der Waals surface area contributed by atoms with Crippen molar-refractivity contribution in [2.45, 2.75) is 39.2 Å². The van der Waals surface area contributed by atoms with Crippen LogP contribution in [-0.4, -0.2) is 47.1 Å². The monoisotopic (exact) mass is 291 g/mol. The summed E-state index contributed by atoms with van der Waals surface area (Å²) in [4.78, 5) is 32.9. The lowest BCUT2D eigenvalue weighted by atomic mass is 10.2. The highest BCUT2D eigenvalue weighted by Gasteiger charge is 2.17. The molecule has 0 fully saturated rings. The van der Waals surface area contributed by atoms with Gasteiger partial charge in [-0.2, -0.15) is 11.8 Å². The minimum absolute atomic E-state index is 0.204. The van der Waals surface area contributed by atoms with Crippen molar-refractivity contribution in [3.05, 3.63) is 0 Å². The maximum absolute atomic E-state index is 11.2. The first-order valence-electron chi connectivity index (χ1n) is 6.20. The Morgan fingerprint density at radius 2 is 2.05 bits per heavy atom. The van der Waals surface area contributed by atoms with E-state index in [1.54, 1.807) is 0 Å². The van der Waals surface area contributed by atoms with Gasteiger partial charge in [-0.05, 0) is 18.6 Å². The number of aliphatic carboxylic acids is 1. The molecule has 0 rings (SSSR count). The van der Waals surface area contributed by atoms with Crippen LogP contribution in [0.4, 0.5) is 0 Å². The van der Waals surface area contributed by atoms with Crippen molar-refractivity contribution in [2.75, 3.05) is 18.1 Å². The van der Waals surface area contributed by atoms with Crippen LogP contribution in [0.25, 0.3) is 0 Å². The van der Waals surface area contributed by atoms with Gasteiger partial charge in [0.25, 0.3) is 0 Å². The van der Waals surface area contributed by atoms with Gasteiger partial charge in [0.15, 0.2) is 0 Å². The third kappa shape index (κ3) is 10.4. The molecule has 1 atom stereocenters. The number of rotatable bonds is 10. The third-order valence-electron chi connectivity index (χ3n) is 2.21. The molecule has 0 aromatic rings. The number of esters is 1. The Hall–Kier alpha value is -1.24. The third-order valence-corrected chi connectivity index (χ3v) is 3.17. The second-order valence-corrected chi connectivity index (χ2v) is 5.11. The fraction of sp³-hybridized carbons (Fsp3) is 0.750. The van der Waals surface area contributed by atoms with Crippen molar-refractivity contribution in [2.24, 2.45) is 0 Å². The zero-order valence-corrected chi connectivity index (χ0v) is 12.1. The number of ether oxygens (including phenoxy) is 1. The van der Waals surface area contributed by atoms with E-state index < -0.39 is 12.0 Å². The smallest absolute Gasteiger partial charge is 0.326 e. The Morgan fingerprint density at radius 1 is 1.37 bits per heavy atom. The van der Waals surface area contributed by atoms with Crippen LogP contribution in [-0.2, 0) is 19.1 Å². The lowest BCUT2D eigenvalue weighted by molar-refractivity contribution is -0.141. The maximum Gasteiger partial charge on any atom is 0.326 e. The minimum atomic E-state index is -1.07. The molecular weight excluding hydrogens is 270 g/mol. The highest BCUT2D eigenvalue weighted by molar-refractivity contribution is 7.99. The summed E-state index contributed by atoms with van der Waals surface area (Å²) < 4.78 is 4.96. The van der Waals surface area contributed by atoms with Gasteiger partial charge in [-0.1, -0.05) is 13.3 Å². The van der Waals surface area contributed by atoms with Gasteiger partial charge in [0, 0.05) is 6.92 Å². The number of carboxylic acid groups (broad SMARTS) is 1. The Labute approximate surface area is 117 Å². The van der Waals surface area contributed by atoms with Crippen LogP contribution in [0.1, 0.15) is 33.1 Å². The number of carbonyl (C=O) groups is 3. The number of carboxylic acids is 1. The van der Waals surface area contributed by atoms with Crippen LogP contribution in [0.3, 0.4) is 0 Å². The van der Waals surface area contributed by atoms with Gasteiger partial charge in [-0.25, -0.2) is 4.79 Å².